The first-order valence-electron chi connectivity index (χ1n) is 26.8. The molecular formula is C69H54BN3OSi. The summed E-state index contributed by atoms with van der Waals surface area (Å²) in [4.78, 5) is 7.89. The fourth-order valence-electron chi connectivity index (χ4n) is 14.7. The molecule has 11 aromatic rings. The Morgan fingerprint density at radius 3 is 1.75 bits per heavy atom. The van der Waals surface area contributed by atoms with Gasteiger partial charge in [0.1, 0.15) is 11.2 Å². The van der Waals surface area contributed by atoms with E-state index < -0.39 is 8.07 Å². The van der Waals surface area contributed by atoms with E-state index in [9.17, 15) is 0 Å². The highest BCUT2D eigenvalue weighted by molar-refractivity contribution is 7.24. The fraction of sp³-hybridized carbons (Fsp3) is 0.130. The summed E-state index contributed by atoms with van der Waals surface area (Å²) in [5, 5.41) is 8.13. The summed E-state index contributed by atoms with van der Waals surface area (Å²) in [6.45, 7) is 12.0. The van der Waals surface area contributed by atoms with Crippen LogP contribution in [0.2, 0.25) is 0 Å². The van der Waals surface area contributed by atoms with Crippen LogP contribution in [0.5, 0.6) is 0 Å². The number of para-hydroxylation sites is 5. The van der Waals surface area contributed by atoms with Crippen LogP contribution in [0.15, 0.2) is 217 Å². The Balaban J connectivity index is 1.08. The average molecular weight is 980 g/mol. The van der Waals surface area contributed by atoms with E-state index >= 15 is 0 Å². The monoisotopic (exact) mass is 979 g/mol. The molecule has 0 atom stereocenters. The van der Waals surface area contributed by atoms with Crippen molar-refractivity contribution in [1.29, 1.82) is 0 Å². The van der Waals surface area contributed by atoms with E-state index in [1.54, 1.807) is 0 Å². The van der Waals surface area contributed by atoms with Gasteiger partial charge in [-0.1, -0.05) is 179 Å². The van der Waals surface area contributed by atoms with Crippen LogP contribution >= 0.6 is 0 Å². The number of benzene rings is 10. The van der Waals surface area contributed by atoms with E-state index in [2.05, 4.69) is 262 Å². The lowest BCUT2D eigenvalue weighted by atomic mass is 9.43. The molecule has 0 fully saturated rings. The van der Waals surface area contributed by atoms with Gasteiger partial charge >= 0.3 is 6.85 Å². The molecule has 0 saturated heterocycles. The predicted octanol–water partition coefficient (Wildman–Crippen LogP) is 14.1. The second-order valence-electron chi connectivity index (χ2n) is 23.1. The topological polar surface area (TPSA) is 22.9 Å². The molecule has 5 aliphatic rings. The molecule has 0 saturated carbocycles. The Bertz CT molecular complexity index is 4170. The van der Waals surface area contributed by atoms with Gasteiger partial charge in [-0.25, -0.2) is 0 Å². The molecule has 1 aliphatic carbocycles. The van der Waals surface area contributed by atoms with Crippen LogP contribution in [0, 0.1) is 6.92 Å². The maximum Gasteiger partial charge on any atom is 0.333 e. The summed E-state index contributed by atoms with van der Waals surface area (Å²) in [5.74, 6) is 0. The zero-order chi connectivity index (χ0) is 50.1. The standard InChI is InChI=1S/C69H54BN3OSi/c1-43-37-53-54(69(4,5)36-35-68(53,2)3)41-57(43)72-58-42-61-51(47-25-12-16-30-60(47)74-61)40-55(58)70-66-52(38-46(39-59(66)72)71(44-21-8-6-9-22-44)45-23-10-7-11-24-45)50-28-20-34-65-67(50)73(70)56-29-15-19-33-64(56)75(65)62-31-17-13-26-48(62)49-27-14-18-32-63(49)75/h6-34,37-42H,35-36H2,1-5H3. The van der Waals surface area contributed by atoms with Crippen molar-refractivity contribution in [3.05, 3.63) is 229 Å². The van der Waals surface area contributed by atoms with Gasteiger partial charge in [0.25, 0.3) is 0 Å². The van der Waals surface area contributed by atoms with Gasteiger partial charge in [-0.2, -0.15) is 0 Å². The zero-order valence-corrected chi connectivity index (χ0v) is 43.9. The number of nitrogens with zero attached hydrogens (tertiary/aromatic N) is 3. The van der Waals surface area contributed by atoms with Crippen LogP contribution < -0.4 is 46.3 Å². The normalized spacial score (nSPS) is 16.2. The number of hydrogen-bond acceptors (Lipinski definition) is 4. The summed E-state index contributed by atoms with van der Waals surface area (Å²) in [5.41, 5.74) is 23.4. The van der Waals surface area contributed by atoms with Gasteiger partial charge in [-0.15, -0.1) is 0 Å². The van der Waals surface area contributed by atoms with E-state index in [0.29, 0.717) is 0 Å². The number of furan rings is 1. The highest BCUT2D eigenvalue weighted by Crippen LogP contribution is 2.54. The Kier molecular flexibility index (Phi) is 8.71. The summed E-state index contributed by atoms with van der Waals surface area (Å²) < 4.78 is 6.94. The summed E-state index contributed by atoms with van der Waals surface area (Å²) >= 11 is 0. The summed E-state index contributed by atoms with van der Waals surface area (Å²) in [6.07, 6.45) is 2.30. The molecule has 4 aliphatic heterocycles. The molecule has 75 heavy (non-hydrogen) atoms. The third kappa shape index (κ3) is 5.67. The van der Waals surface area contributed by atoms with Crippen molar-refractivity contribution in [2.45, 2.75) is 58.3 Å². The number of aryl methyl sites for hydroxylation is 1. The summed E-state index contributed by atoms with van der Waals surface area (Å²) in [7, 11) is -2.91. The van der Waals surface area contributed by atoms with Crippen molar-refractivity contribution in [1.82, 2.24) is 0 Å². The van der Waals surface area contributed by atoms with Crippen molar-refractivity contribution < 1.29 is 4.42 Å². The predicted molar refractivity (Wildman–Crippen MR) is 318 cm³/mol. The quantitative estimate of drug-likeness (QED) is 0.164. The second kappa shape index (κ2) is 15.1. The zero-order valence-electron chi connectivity index (χ0n) is 42.9. The van der Waals surface area contributed by atoms with Crippen LogP contribution in [-0.2, 0) is 10.8 Å². The average Bonchev–Trinajstić information content (AvgIpc) is 4.02. The van der Waals surface area contributed by atoms with Gasteiger partial charge in [0.05, 0.1) is 0 Å². The Hall–Kier alpha value is -8.32. The van der Waals surface area contributed by atoms with Crippen LogP contribution in [0.25, 0.3) is 44.2 Å². The first-order chi connectivity index (χ1) is 36.6. The number of fused-ring (bicyclic) bond motifs is 17. The molecule has 5 heterocycles. The number of rotatable bonds is 4. The highest BCUT2D eigenvalue weighted by atomic mass is 28.3. The smallest absolute Gasteiger partial charge is 0.333 e. The van der Waals surface area contributed by atoms with E-state index in [0.717, 1.165) is 57.5 Å². The van der Waals surface area contributed by atoms with Crippen LogP contribution in [0.4, 0.5) is 45.5 Å². The second-order valence-corrected chi connectivity index (χ2v) is 26.7. The lowest BCUT2D eigenvalue weighted by Crippen LogP contribution is -2.78. The van der Waals surface area contributed by atoms with Crippen molar-refractivity contribution in [2.24, 2.45) is 0 Å². The van der Waals surface area contributed by atoms with E-state index in [1.807, 2.05) is 0 Å². The van der Waals surface area contributed by atoms with Gasteiger partial charge in [0.2, 0.25) is 0 Å². The lowest BCUT2D eigenvalue weighted by molar-refractivity contribution is 0.332. The van der Waals surface area contributed by atoms with Crippen molar-refractivity contribution in [2.75, 3.05) is 14.6 Å². The van der Waals surface area contributed by atoms with E-state index in [1.165, 1.54) is 93.4 Å². The molecule has 10 aromatic carbocycles. The van der Waals surface area contributed by atoms with Gasteiger partial charge in [-0.05, 0) is 150 Å². The number of anilines is 8. The maximum atomic E-state index is 6.94. The molecule has 6 heteroatoms. The van der Waals surface area contributed by atoms with E-state index in [-0.39, 0.29) is 17.7 Å². The SMILES string of the molecule is Cc1cc2c(cc1N1c3cc4oc5ccccc5c4cc3B3c4c(cc(N(c5ccccc5)c5ccccc5)cc41)-c1cccc4c1N3c1ccccc1[Si]41c3ccccc3-c3ccccc31)C(C)(C)CCC2(C)C. The highest BCUT2D eigenvalue weighted by Gasteiger charge is 2.58. The van der Waals surface area contributed by atoms with Gasteiger partial charge in [0, 0.05) is 67.9 Å². The minimum atomic E-state index is -2.91. The van der Waals surface area contributed by atoms with Crippen molar-refractivity contribution in [3.8, 4) is 22.3 Å². The van der Waals surface area contributed by atoms with Crippen molar-refractivity contribution >= 4 is 114 Å². The minimum absolute atomic E-state index is 0.0000135. The molecular weight excluding hydrogens is 926 g/mol. The van der Waals surface area contributed by atoms with Crippen LogP contribution in [-0.4, -0.2) is 14.9 Å². The first-order valence-corrected chi connectivity index (χ1v) is 28.8. The molecule has 0 bridgehead atoms. The van der Waals surface area contributed by atoms with Crippen LogP contribution in [0.3, 0.4) is 0 Å². The molecule has 0 radical (unpaired) electrons. The summed E-state index contributed by atoms with van der Waals surface area (Å²) in [6, 6.07) is 81.0. The minimum Gasteiger partial charge on any atom is -0.456 e. The molecule has 16 rings (SSSR count). The fourth-order valence-corrected chi connectivity index (χ4v) is 20.2. The molecule has 358 valence electrons. The van der Waals surface area contributed by atoms with Crippen molar-refractivity contribution in [3.63, 3.8) is 0 Å². The van der Waals surface area contributed by atoms with Gasteiger partial charge < -0.3 is 19.0 Å². The first kappa shape index (κ1) is 43.1. The third-order valence-electron chi connectivity index (χ3n) is 18.2. The molecule has 1 spiro atoms. The molecule has 0 amide bonds. The van der Waals surface area contributed by atoms with Gasteiger partial charge in [-0.3, -0.25) is 0 Å². The van der Waals surface area contributed by atoms with E-state index in [4.69, 9.17) is 4.42 Å². The van der Waals surface area contributed by atoms with Gasteiger partial charge in [0.15, 0.2) is 8.07 Å². The third-order valence-corrected chi connectivity index (χ3v) is 23.1. The number of hydrogen-bond donors (Lipinski definition) is 0. The molecule has 0 N–H and O–H groups in total. The largest absolute Gasteiger partial charge is 0.456 e. The molecule has 1 aromatic heterocycles. The Labute approximate surface area is 440 Å². The lowest BCUT2D eigenvalue weighted by Gasteiger charge is -2.52. The Morgan fingerprint density at radius 1 is 0.453 bits per heavy atom. The maximum absolute atomic E-state index is 6.94. The Morgan fingerprint density at radius 2 is 1.04 bits per heavy atom. The molecule has 4 nitrogen and oxygen atoms in total. The van der Waals surface area contributed by atoms with Crippen LogP contribution in [0.1, 0.15) is 57.2 Å². The molecule has 0 unspecified atom stereocenters.